The van der Waals surface area contributed by atoms with E-state index < -0.39 is 11.6 Å². The zero-order valence-corrected chi connectivity index (χ0v) is 20.9. The van der Waals surface area contributed by atoms with Gasteiger partial charge in [-0.05, 0) is 103 Å². The molecule has 0 N–H and O–H groups in total. The van der Waals surface area contributed by atoms with E-state index in [0.717, 1.165) is 47.3 Å². The van der Waals surface area contributed by atoms with Crippen molar-refractivity contribution in [2.24, 2.45) is 0 Å². The molecule has 0 radical (unpaired) electrons. The molecule has 36 heavy (non-hydrogen) atoms. The van der Waals surface area contributed by atoms with Gasteiger partial charge in [-0.25, -0.2) is 13.2 Å². The van der Waals surface area contributed by atoms with Gasteiger partial charge in [-0.1, -0.05) is 24.3 Å². The maximum absolute atomic E-state index is 15.0. The van der Waals surface area contributed by atoms with Crippen molar-refractivity contribution in [3.8, 4) is 5.75 Å². The van der Waals surface area contributed by atoms with Crippen molar-refractivity contribution in [1.82, 2.24) is 0 Å². The minimum atomic E-state index is -0.576. The third kappa shape index (κ3) is 5.66. The number of rotatable bonds is 10. The Kier molecular flexibility index (Phi) is 8.49. The van der Waals surface area contributed by atoms with E-state index in [1.807, 2.05) is 24.3 Å². The van der Waals surface area contributed by atoms with E-state index in [1.165, 1.54) is 25.1 Å². The first-order valence-corrected chi connectivity index (χ1v) is 12.2. The summed E-state index contributed by atoms with van der Waals surface area (Å²) in [4.78, 5) is 0. The van der Waals surface area contributed by atoms with Gasteiger partial charge in [0.25, 0.3) is 0 Å². The van der Waals surface area contributed by atoms with E-state index in [0.29, 0.717) is 30.6 Å². The molecule has 3 nitrogen and oxygen atoms in total. The zero-order valence-electron chi connectivity index (χ0n) is 20.9. The Labute approximate surface area is 210 Å². The number of fused-ring (bicyclic) bond motifs is 1. The molecule has 1 aliphatic rings. The molecule has 3 aromatic rings. The van der Waals surface area contributed by atoms with Gasteiger partial charge in [-0.3, -0.25) is 0 Å². The summed E-state index contributed by atoms with van der Waals surface area (Å²) in [5, 5.41) is 0. The molecule has 0 fully saturated rings. The van der Waals surface area contributed by atoms with Gasteiger partial charge in [0.15, 0.2) is 6.29 Å². The fourth-order valence-corrected chi connectivity index (χ4v) is 4.70. The molecule has 0 aliphatic heterocycles. The standard InChI is InChI=1S/C30H31F3O3/c1-19-27(32)18-26-25(30(19)33)16-15-24(20-7-11-22(31)12-8-20)29(26)21-9-13-23(14-10-21)36-17-5-4-6-28(34-2)35-3/h7-14,18,28H,4-6,15-17H2,1-3H3. The van der Waals surface area contributed by atoms with Crippen molar-refractivity contribution < 1.29 is 27.4 Å². The van der Waals surface area contributed by atoms with Crippen molar-refractivity contribution >= 4 is 11.1 Å². The Morgan fingerprint density at radius 3 is 2.17 bits per heavy atom. The Balaban J connectivity index is 1.61. The number of hydrogen-bond donors (Lipinski definition) is 0. The lowest BCUT2D eigenvalue weighted by Gasteiger charge is -2.26. The first-order chi connectivity index (χ1) is 17.4. The van der Waals surface area contributed by atoms with Crippen molar-refractivity contribution in [3.63, 3.8) is 0 Å². The van der Waals surface area contributed by atoms with Crippen LogP contribution in [0.4, 0.5) is 13.2 Å². The molecule has 4 rings (SSSR count). The molecule has 6 heteroatoms. The lowest BCUT2D eigenvalue weighted by molar-refractivity contribution is -0.107. The quantitative estimate of drug-likeness (QED) is 0.215. The summed E-state index contributed by atoms with van der Waals surface area (Å²) in [5.41, 5.74) is 4.45. The normalized spacial score (nSPS) is 13.3. The van der Waals surface area contributed by atoms with Gasteiger partial charge in [-0.15, -0.1) is 0 Å². The molecule has 1 aliphatic carbocycles. The Bertz CT molecular complexity index is 1210. The summed E-state index contributed by atoms with van der Waals surface area (Å²) in [6, 6.07) is 15.2. The molecule has 190 valence electrons. The third-order valence-corrected chi connectivity index (χ3v) is 6.71. The summed E-state index contributed by atoms with van der Waals surface area (Å²) in [6.07, 6.45) is 3.37. The van der Waals surface area contributed by atoms with E-state index >= 15 is 4.39 Å². The van der Waals surface area contributed by atoms with Crippen LogP contribution >= 0.6 is 0 Å². The second-order valence-electron chi connectivity index (χ2n) is 8.95. The van der Waals surface area contributed by atoms with Crippen LogP contribution in [0.5, 0.6) is 5.75 Å². The highest BCUT2D eigenvalue weighted by Gasteiger charge is 2.26. The van der Waals surface area contributed by atoms with Crippen molar-refractivity contribution in [2.75, 3.05) is 20.8 Å². The Hall–Kier alpha value is -3.09. The number of allylic oxidation sites excluding steroid dienone is 1. The van der Waals surface area contributed by atoms with Crippen molar-refractivity contribution in [2.45, 2.75) is 45.3 Å². The minimum absolute atomic E-state index is 0.0319. The van der Waals surface area contributed by atoms with E-state index in [1.54, 1.807) is 26.4 Å². The summed E-state index contributed by atoms with van der Waals surface area (Å²) in [6.45, 7) is 2.02. The van der Waals surface area contributed by atoms with Crippen LogP contribution in [0, 0.1) is 24.4 Å². The second kappa shape index (κ2) is 11.8. The maximum Gasteiger partial charge on any atom is 0.156 e. The largest absolute Gasteiger partial charge is 0.494 e. The van der Waals surface area contributed by atoms with Gasteiger partial charge in [0.1, 0.15) is 23.2 Å². The van der Waals surface area contributed by atoms with Crippen molar-refractivity contribution in [1.29, 1.82) is 0 Å². The van der Waals surface area contributed by atoms with Crippen LogP contribution in [0.3, 0.4) is 0 Å². The molecule has 0 unspecified atom stereocenters. The van der Waals surface area contributed by atoms with Crippen LogP contribution in [0.1, 0.15) is 53.5 Å². The topological polar surface area (TPSA) is 27.7 Å². The second-order valence-corrected chi connectivity index (χ2v) is 8.95. The highest BCUT2D eigenvalue weighted by Crippen LogP contribution is 2.43. The molecule has 0 amide bonds. The molecule has 0 heterocycles. The third-order valence-electron chi connectivity index (χ3n) is 6.71. The lowest BCUT2D eigenvalue weighted by Crippen LogP contribution is -2.13. The summed E-state index contributed by atoms with van der Waals surface area (Å²) in [5.74, 6) is -0.681. The predicted molar refractivity (Wildman–Crippen MR) is 135 cm³/mol. The number of benzene rings is 3. The van der Waals surface area contributed by atoms with Crippen LogP contribution < -0.4 is 4.74 Å². The molecule has 0 atom stereocenters. The summed E-state index contributed by atoms with van der Waals surface area (Å²) >= 11 is 0. The molecular formula is C30H31F3O3. The number of ether oxygens (including phenoxy) is 3. The van der Waals surface area contributed by atoms with Gasteiger partial charge >= 0.3 is 0 Å². The monoisotopic (exact) mass is 496 g/mol. The first-order valence-electron chi connectivity index (χ1n) is 12.2. The summed E-state index contributed by atoms with van der Waals surface area (Å²) < 4.78 is 59.6. The number of unbranched alkanes of at least 4 members (excludes halogenated alkanes) is 1. The fourth-order valence-electron chi connectivity index (χ4n) is 4.70. The molecular weight excluding hydrogens is 465 g/mol. The molecule has 0 aromatic heterocycles. The SMILES string of the molecule is COC(CCCCOc1ccc(C2=C(c3ccc(F)cc3)CCc3c2cc(F)c(C)c3F)cc1)OC. The van der Waals surface area contributed by atoms with Crippen LogP contribution in [0.2, 0.25) is 0 Å². The van der Waals surface area contributed by atoms with Crippen molar-refractivity contribution in [3.05, 3.63) is 99.9 Å². The zero-order chi connectivity index (χ0) is 25.7. The number of methoxy groups -OCH3 is 2. The number of hydrogen-bond acceptors (Lipinski definition) is 3. The van der Waals surface area contributed by atoms with Gasteiger partial charge in [0, 0.05) is 19.8 Å². The van der Waals surface area contributed by atoms with Crippen LogP contribution in [-0.4, -0.2) is 27.1 Å². The predicted octanol–water partition coefficient (Wildman–Crippen LogP) is 7.49. The Morgan fingerprint density at radius 2 is 1.50 bits per heavy atom. The van der Waals surface area contributed by atoms with E-state index in [9.17, 15) is 8.78 Å². The van der Waals surface area contributed by atoms with E-state index in [-0.39, 0.29) is 17.7 Å². The number of halogens is 3. The van der Waals surface area contributed by atoms with Crippen LogP contribution in [0.25, 0.3) is 11.1 Å². The van der Waals surface area contributed by atoms with E-state index in [2.05, 4.69) is 0 Å². The van der Waals surface area contributed by atoms with Gasteiger partial charge < -0.3 is 14.2 Å². The average Bonchev–Trinajstić information content (AvgIpc) is 2.90. The Morgan fingerprint density at radius 1 is 0.833 bits per heavy atom. The summed E-state index contributed by atoms with van der Waals surface area (Å²) in [7, 11) is 3.25. The van der Waals surface area contributed by atoms with E-state index in [4.69, 9.17) is 14.2 Å². The molecule has 0 saturated carbocycles. The van der Waals surface area contributed by atoms with Crippen LogP contribution in [0.15, 0.2) is 54.6 Å². The van der Waals surface area contributed by atoms with Gasteiger partial charge in [-0.2, -0.15) is 0 Å². The maximum atomic E-state index is 15.0. The fraction of sp³-hybridized carbons (Fsp3) is 0.333. The lowest BCUT2D eigenvalue weighted by atomic mass is 9.79. The minimum Gasteiger partial charge on any atom is -0.494 e. The molecule has 0 spiro atoms. The van der Waals surface area contributed by atoms with Gasteiger partial charge in [0.05, 0.1) is 6.61 Å². The average molecular weight is 497 g/mol. The van der Waals surface area contributed by atoms with Crippen LogP contribution in [-0.2, 0) is 15.9 Å². The molecule has 0 bridgehead atoms. The van der Waals surface area contributed by atoms with Gasteiger partial charge in [0.2, 0.25) is 0 Å². The highest BCUT2D eigenvalue weighted by molar-refractivity contribution is 6.00. The first kappa shape index (κ1) is 26.0. The smallest absolute Gasteiger partial charge is 0.156 e. The molecule has 3 aromatic carbocycles. The molecule has 0 saturated heterocycles. The highest BCUT2D eigenvalue weighted by atomic mass is 19.1.